The van der Waals surface area contributed by atoms with Crippen LogP contribution >= 0.6 is 0 Å². The summed E-state index contributed by atoms with van der Waals surface area (Å²) in [4.78, 5) is 22.7. The minimum atomic E-state index is -0.908. The summed E-state index contributed by atoms with van der Waals surface area (Å²) < 4.78 is 0. The van der Waals surface area contributed by atoms with Gasteiger partial charge in [-0.15, -0.1) is 0 Å². The Morgan fingerprint density at radius 3 is 2.53 bits per heavy atom. The molecule has 0 heterocycles. The number of carbonyl (C=O) groups excluding carboxylic acids is 1. The molecule has 0 aromatic heterocycles. The molecule has 1 rings (SSSR count). The lowest BCUT2D eigenvalue weighted by Crippen LogP contribution is -2.27. The second-order valence-corrected chi connectivity index (χ2v) is 5.01. The number of nitrogens with one attached hydrogen (secondary N) is 1. The molecular formula is C14H19NO4. The molecule has 0 fully saturated rings. The number of rotatable bonds is 6. The predicted octanol–water partition coefficient (Wildman–Crippen LogP) is 2.61. The van der Waals surface area contributed by atoms with Crippen LogP contribution in [0.4, 0.5) is 5.69 Å². The highest BCUT2D eigenvalue weighted by Gasteiger charge is 2.28. The first-order chi connectivity index (χ1) is 8.84. The summed E-state index contributed by atoms with van der Waals surface area (Å²) in [5, 5.41) is 20.8. The topological polar surface area (TPSA) is 86.6 Å². The average molecular weight is 265 g/mol. The molecule has 0 aliphatic heterocycles. The van der Waals surface area contributed by atoms with Crippen LogP contribution in [0, 0.1) is 5.41 Å². The molecule has 3 N–H and O–H groups in total. The van der Waals surface area contributed by atoms with Gasteiger partial charge in [0.05, 0.1) is 6.42 Å². The summed E-state index contributed by atoms with van der Waals surface area (Å²) in [5.74, 6) is -1.09. The van der Waals surface area contributed by atoms with Crippen LogP contribution in [0.2, 0.25) is 0 Å². The number of benzene rings is 1. The SMILES string of the molecule is CCC(C)(CC(=O)O)CC(=O)Nc1cccc(O)c1. The lowest BCUT2D eigenvalue weighted by atomic mass is 9.80. The minimum Gasteiger partial charge on any atom is -0.508 e. The number of carboxylic acid groups (broad SMARTS) is 1. The number of aromatic hydroxyl groups is 1. The fraction of sp³-hybridized carbons (Fsp3) is 0.429. The Kier molecular flexibility index (Phi) is 4.92. The molecule has 5 nitrogen and oxygen atoms in total. The normalized spacial score (nSPS) is 13.6. The highest BCUT2D eigenvalue weighted by Crippen LogP contribution is 2.30. The minimum absolute atomic E-state index is 0.0447. The van der Waals surface area contributed by atoms with Crippen LogP contribution in [0.25, 0.3) is 0 Å². The zero-order valence-corrected chi connectivity index (χ0v) is 11.1. The van der Waals surface area contributed by atoms with Gasteiger partial charge in [-0.1, -0.05) is 19.9 Å². The Hall–Kier alpha value is -2.04. The van der Waals surface area contributed by atoms with Gasteiger partial charge in [-0.3, -0.25) is 9.59 Å². The number of carbonyl (C=O) groups is 2. The molecule has 1 atom stereocenters. The third-order valence-corrected chi connectivity index (χ3v) is 3.15. The molecule has 0 spiro atoms. The van der Waals surface area contributed by atoms with Crippen molar-refractivity contribution in [1.29, 1.82) is 0 Å². The number of phenols is 1. The summed E-state index contributed by atoms with van der Waals surface area (Å²) in [6.45, 7) is 3.65. The maximum atomic E-state index is 11.9. The van der Waals surface area contributed by atoms with Crippen LogP contribution in [0.3, 0.4) is 0 Å². The molecule has 1 aromatic rings. The van der Waals surface area contributed by atoms with Gasteiger partial charge in [0, 0.05) is 18.2 Å². The van der Waals surface area contributed by atoms with E-state index in [1.54, 1.807) is 19.1 Å². The van der Waals surface area contributed by atoms with Gasteiger partial charge in [-0.2, -0.15) is 0 Å². The summed E-state index contributed by atoms with van der Waals surface area (Å²) in [6, 6.07) is 6.24. The summed E-state index contributed by atoms with van der Waals surface area (Å²) >= 11 is 0. The maximum absolute atomic E-state index is 11.9. The Morgan fingerprint density at radius 2 is 2.00 bits per heavy atom. The van der Waals surface area contributed by atoms with E-state index in [1.165, 1.54) is 12.1 Å². The van der Waals surface area contributed by atoms with Crippen molar-refractivity contribution in [3.8, 4) is 5.75 Å². The number of amides is 1. The molecule has 1 amide bonds. The van der Waals surface area contributed by atoms with Crippen molar-refractivity contribution in [2.75, 3.05) is 5.32 Å². The molecule has 19 heavy (non-hydrogen) atoms. The summed E-state index contributed by atoms with van der Waals surface area (Å²) in [6.07, 6.45) is 0.690. The van der Waals surface area contributed by atoms with Crippen molar-refractivity contribution >= 4 is 17.6 Å². The van der Waals surface area contributed by atoms with Gasteiger partial charge in [-0.25, -0.2) is 0 Å². The van der Waals surface area contributed by atoms with Crippen molar-refractivity contribution in [1.82, 2.24) is 0 Å². The quantitative estimate of drug-likeness (QED) is 0.738. The highest BCUT2D eigenvalue weighted by atomic mass is 16.4. The number of anilines is 1. The Labute approximate surface area is 112 Å². The first-order valence-electron chi connectivity index (χ1n) is 6.15. The molecule has 104 valence electrons. The fourth-order valence-electron chi connectivity index (χ4n) is 1.85. The number of hydrogen-bond donors (Lipinski definition) is 3. The molecule has 1 aromatic carbocycles. The van der Waals surface area contributed by atoms with Crippen LogP contribution in [0.5, 0.6) is 5.75 Å². The summed E-state index contributed by atoms with van der Waals surface area (Å²) in [5.41, 5.74) is -0.0639. The van der Waals surface area contributed by atoms with E-state index in [0.29, 0.717) is 12.1 Å². The average Bonchev–Trinajstić information content (AvgIpc) is 2.27. The first kappa shape index (κ1) is 15.0. The molecule has 1 unspecified atom stereocenters. The van der Waals surface area contributed by atoms with Crippen molar-refractivity contribution in [2.24, 2.45) is 5.41 Å². The van der Waals surface area contributed by atoms with E-state index in [-0.39, 0.29) is 24.5 Å². The second kappa shape index (κ2) is 6.22. The monoisotopic (exact) mass is 265 g/mol. The van der Waals surface area contributed by atoms with E-state index < -0.39 is 11.4 Å². The van der Waals surface area contributed by atoms with Crippen molar-refractivity contribution in [3.63, 3.8) is 0 Å². The molecule has 0 aliphatic rings. The van der Waals surface area contributed by atoms with Gasteiger partial charge in [-0.05, 0) is 24.0 Å². The number of carboxylic acids is 1. The van der Waals surface area contributed by atoms with E-state index >= 15 is 0 Å². The Morgan fingerprint density at radius 1 is 1.32 bits per heavy atom. The molecule has 0 saturated heterocycles. The van der Waals surface area contributed by atoms with Crippen LogP contribution in [0.1, 0.15) is 33.1 Å². The maximum Gasteiger partial charge on any atom is 0.303 e. The largest absolute Gasteiger partial charge is 0.508 e. The molecule has 0 bridgehead atoms. The third-order valence-electron chi connectivity index (χ3n) is 3.15. The molecule has 5 heteroatoms. The smallest absolute Gasteiger partial charge is 0.303 e. The lowest BCUT2D eigenvalue weighted by molar-refractivity contribution is -0.140. The zero-order valence-electron chi connectivity index (χ0n) is 11.1. The van der Waals surface area contributed by atoms with Crippen LogP contribution in [-0.4, -0.2) is 22.1 Å². The van der Waals surface area contributed by atoms with Gasteiger partial charge >= 0.3 is 5.97 Å². The standard InChI is InChI=1S/C14H19NO4/c1-3-14(2,9-13(18)19)8-12(17)15-10-5-4-6-11(16)7-10/h4-7,16H,3,8-9H2,1-2H3,(H,15,17)(H,18,19). The Bertz CT molecular complexity index is 472. The zero-order chi connectivity index (χ0) is 14.5. The molecule has 0 radical (unpaired) electrons. The van der Waals surface area contributed by atoms with E-state index in [0.717, 1.165) is 0 Å². The summed E-state index contributed by atoms with van der Waals surface area (Å²) in [7, 11) is 0. The molecular weight excluding hydrogens is 246 g/mol. The fourth-order valence-corrected chi connectivity index (χ4v) is 1.85. The number of aliphatic carboxylic acids is 1. The van der Waals surface area contributed by atoms with Crippen LogP contribution in [-0.2, 0) is 9.59 Å². The van der Waals surface area contributed by atoms with Gasteiger partial charge < -0.3 is 15.5 Å². The van der Waals surface area contributed by atoms with Crippen molar-refractivity contribution in [3.05, 3.63) is 24.3 Å². The lowest BCUT2D eigenvalue weighted by Gasteiger charge is -2.25. The van der Waals surface area contributed by atoms with Gasteiger partial charge in [0.1, 0.15) is 5.75 Å². The van der Waals surface area contributed by atoms with E-state index in [2.05, 4.69) is 5.32 Å². The molecule has 0 saturated carbocycles. The predicted molar refractivity (Wildman–Crippen MR) is 72.0 cm³/mol. The third kappa shape index (κ3) is 4.99. The Balaban J connectivity index is 2.66. The van der Waals surface area contributed by atoms with E-state index in [1.807, 2.05) is 6.92 Å². The van der Waals surface area contributed by atoms with Crippen LogP contribution < -0.4 is 5.32 Å². The van der Waals surface area contributed by atoms with E-state index in [9.17, 15) is 14.7 Å². The van der Waals surface area contributed by atoms with E-state index in [4.69, 9.17) is 5.11 Å². The second-order valence-electron chi connectivity index (χ2n) is 5.01. The van der Waals surface area contributed by atoms with Gasteiger partial charge in [0.2, 0.25) is 5.91 Å². The van der Waals surface area contributed by atoms with Crippen molar-refractivity contribution in [2.45, 2.75) is 33.1 Å². The first-order valence-corrected chi connectivity index (χ1v) is 6.15. The number of hydrogen-bond acceptors (Lipinski definition) is 3. The highest BCUT2D eigenvalue weighted by molar-refractivity contribution is 5.91. The molecule has 0 aliphatic carbocycles. The van der Waals surface area contributed by atoms with Gasteiger partial charge in [0.15, 0.2) is 0 Å². The number of phenolic OH excluding ortho intramolecular Hbond substituents is 1. The van der Waals surface area contributed by atoms with Crippen LogP contribution in [0.15, 0.2) is 24.3 Å². The van der Waals surface area contributed by atoms with Crippen molar-refractivity contribution < 1.29 is 19.8 Å². The van der Waals surface area contributed by atoms with Gasteiger partial charge in [0.25, 0.3) is 0 Å².